The van der Waals surface area contributed by atoms with E-state index in [9.17, 15) is 13.2 Å². The van der Waals surface area contributed by atoms with Crippen LogP contribution in [0.1, 0.15) is 11.3 Å². The predicted octanol–water partition coefficient (Wildman–Crippen LogP) is 3.58. The summed E-state index contributed by atoms with van der Waals surface area (Å²) < 4.78 is 44.7. The van der Waals surface area contributed by atoms with Crippen molar-refractivity contribution in [2.75, 3.05) is 0 Å². The first-order valence-corrected chi connectivity index (χ1v) is 4.39. The van der Waals surface area contributed by atoms with Gasteiger partial charge in [0.2, 0.25) is 5.83 Å². The molecule has 0 fully saturated rings. The zero-order valence-corrected chi connectivity index (χ0v) is 7.95. The van der Waals surface area contributed by atoms with Gasteiger partial charge in [-0.3, -0.25) is 0 Å². The Hall–Kier alpha value is -2.04. The van der Waals surface area contributed by atoms with Crippen LogP contribution in [-0.4, -0.2) is 4.98 Å². The molecule has 0 N–H and O–H groups in total. The molecule has 2 nitrogen and oxygen atoms in total. The van der Waals surface area contributed by atoms with Gasteiger partial charge >= 0.3 is 0 Å². The number of halogens is 3. The molecular formula is C11H6F3NO. The Kier molecular flexibility index (Phi) is 2.76. The highest BCUT2D eigenvalue weighted by atomic mass is 19.2. The first kappa shape index (κ1) is 10.5. The van der Waals surface area contributed by atoms with Gasteiger partial charge < -0.3 is 4.42 Å². The predicted molar refractivity (Wildman–Crippen MR) is 51.9 cm³/mol. The summed E-state index contributed by atoms with van der Waals surface area (Å²) in [5.41, 5.74) is -0.448. The molecule has 0 saturated carbocycles. The second-order valence-electron chi connectivity index (χ2n) is 2.97. The van der Waals surface area contributed by atoms with Crippen molar-refractivity contribution in [1.29, 1.82) is 0 Å². The first-order chi connectivity index (χ1) is 7.70. The van der Waals surface area contributed by atoms with E-state index in [-0.39, 0.29) is 5.76 Å². The molecule has 0 saturated heterocycles. The van der Waals surface area contributed by atoms with Gasteiger partial charge in [-0.25, -0.2) is 13.8 Å². The van der Waals surface area contributed by atoms with Crippen molar-refractivity contribution in [2.45, 2.75) is 0 Å². The molecule has 5 heteroatoms. The van der Waals surface area contributed by atoms with Gasteiger partial charge in [-0.15, -0.1) is 0 Å². The summed E-state index contributed by atoms with van der Waals surface area (Å²) in [5, 5.41) is 0. The van der Waals surface area contributed by atoms with Crippen LogP contribution in [0.25, 0.3) is 11.7 Å². The van der Waals surface area contributed by atoms with Crippen LogP contribution in [0.15, 0.2) is 41.3 Å². The second-order valence-corrected chi connectivity index (χ2v) is 2.97. The molecule has 0 aliphatic heterocycles. The van der Waals surface area contributed by atoms with E-state index in [1.165, 1.54) is 12.1 Å². The second kappa shape index (κ2) is 4.22. The maximum absolute atomic E-state index is 13.5. The van der Waals surface area contributed by atoms with E-state index in [0.717, 1.165) is 24.7 Å². The molecule has 0 bridgehead atoms. The molecule has 0 radical (unpaired) electrons. The first-order valence-electron chi connectivity index (χ1n) is 4.39. The van der Waals surface area contributed by atoms with Crippen LogP contribution in [-0.2, 0) is 0 Å². The third kappa shape index (κ3) is 1.84. The molecule has 0 aliphatic rings. The van der Waals surface area contributed by atoms with Crippen molar-refractivity contribution in [3.8, 4) is 0 Å². The Bertz CT molecular complexity index is 520. The number of rotatable bonds is 2. The summed E-state index contributed by atoms with van der Waals surface area (Å²) in [7, 11) is 0. The van der Waals surface area contributed by atoms with Gasteiger partial charge in [-0.1, -0.05) is 12.1 Å². The van der Waals surface area contributed by atoms with Gasteiger partial charge in [0.05, 0.1) is 6.20 Å². The van der Waals surface area contributed by atoms with Crippen LogP contribution in [0.3, 0.4) is 0 Å². The smallest absolute Gasteiger partial charge is 0.203 e. The molecule has 1 aromatic heterocycles. The van der Waals surface area contributed by atoms with Crippen molar-refractivity contribution in [3.63, 3.8) is 0 Å². The van der Waals surface area contributed by atoms with Crippen LogP contribution < -0.4 is 0 Å². The molecule has 0 spiro atoms. The molecule has 82 valence electrons. The molecule has 0 amide bonds. The van der Waals surface area contributed by atoms with Gasteiger partial charge in [0.15, 0.2) is 18.0 Å². The van der Waals surface area contributed by atoms with Gasteiger partial charge in [0.25, 0.3) is 0 Å². The molecule has 0 aliphatic carbocycles. The standard InChI is InChI=1S/C11H6F3NO/c12-8-4-2-1-3-7(8)10(13)11(14)9-5-15-6-16-9/h1-6H. The van der Waals surface area contributed by atoms with E-state index in [1.807, 2.05) is 0 Å². The monoisotopic (exact) mass is 225 g/mol. The van der Waals surface area contributed by atoms with E-state index in [0.29, 0.717) is 0 Å². The average Bonchev–Trinajstić information content (AvgIpc) is 2.81. The van der Waals surface area contributed by atoms with Crippen molar-refractivity contribution < 1.29 is 17.6 Å². The third-order valence-electron chi connectivity index (χ3n) is 1.95. The zero-order chi connectivity index (χ0) is 11.5. The van der Waals surface area contributed by atoms with Crippen LogP contribution in [0, 0.1) is 5.82 Å². The average molecular weight is 225 g/mol. The number of hydrogen-bond acceptors (Lipinski definition) is 2. The highest BCUT2D eigenvalue weighted by molar-refractivity contribution is 5.81. The Morgan fingerprint density at radius 3 is 2.50 bits per heavy atom. The lowest BCUT2D eigenvalue weighted by atomic mass is 10.1. The molecule has 2 rings (SSSR count). The molecule has 0 unspecified atom stereocenters. The lowest BCUT2D eigenvalue weighted by Crippen LogP contribution is -1.87. The summed E-state index contributed by atoms with van der Waals surface area (Å²) >= 11 is 0. The van der Waals surface area contributed by atoms with Crippen molar-refractivity contribution >= 4 is 11.7 Å². The maximum Gasteiger partial charge on any atom is 0.203 e. The fourth-order valence-corrected chi connectivity index (χ4v) is 1.19. The van der Waals surface area contributed by atoms with Gasteiger partial charge in [0.1, 0.15) is 5.82 Å². The summed E-state index contributed by atoms with van der Waals surface area (Å²) in [6, 6.07) is 4.98. The molecular weight excluding hydrogens is 219 g/mol. The number of benzene rings is 1. The lowest BCUT2D eigenvalue weighted by molar-refractivity contribution is 0.521. The Morgan fingerprint density at radius 1 is 1.12 bits per heavy atom. The van der Waals surface area contributed by atoms with Crippen molar-refractivity contribution in [3.05, 3.63) is 54.0 Å². The topological polar surface area (TPSA) is 26.0 Å². The van der Waals surface area contributed by atoms with Gasteiger partial charge in [-0.05, 0) is 12.1 Å². The molecule has 0 atom stereocenters. The van der Waals surface area contributed by atoms with Crippen LogP contribution in [0.4, 0.5) is 13.2 Å². The third-order valence-corrected chi connectivity index (χ3v) is 1.95. The fourth-order valence-electron chi connectivity index (χ4n) is 1.19. The zero-order valence-electron chi connectivity index (χ0n) is 7.95. The minimum atomic E-state index is -1.31. The number of hydrogen-bond donors (Lipinski definition) is 0. The van der Waals surface area contributed by atoms with Crippen molar-refractivity contribution in [2.24, 2.45) is 0 Å². The number of nitrogens with zero attached hydrogens (tertiary/aromatic N) is 1. The van der Waals surface area contributed by atoms with Gasteiger partial charge in [0, 0.05) is 5.56 Å². The van der Waals surface area contributed by atoms with E-state index in [2.05, 4.69) is 9.40 Å². The quantitative estimate of drug-likeness (QED) is 0.780. The number of aromatic nitrogens is 1. The largest absolute Gasteiger partial charge is 0.441 e. The highest BCUT2D eigenvalue weighted by Crippen LogP contribution is 2.29. The van der Waals surface area contributed by atoms with Crippen LogP contribution >= 0.6 is 0 Å². The van der Waals surface area contributed by atoms with Crippen molar-refractivity contribution in [1.82, 2.24) is 4.98 Å². The summed E-state index contributed by atoms with van der Waals surface area (Å²) in [5.74, 6) is -3.80. The molecule has 1 aromatic carbocycles. The van der Waals surface area contributed by atoms with E-state index in [4.69, 9.17) is 0 Å². The Labute approximate surface area is 89.0 Å². The summed E-state index contributed by atoms with van der Waals surface area (Å²) in [6.07, 6.45) is 1.97. The minimum absolute atomic E-state index is 0.374. The summed E-state index contributed by atoms with van der Waals surface area (Å²) in [6.45, 7) is 0. The molecule has 2 aromatic rings. The number of oxazole rings is 1. The van der Waals surface area contributed by atoms with E-state index >= 15 is 0 Å². The normalized spacial score (nSPS) is 12.4. The SMILES string of the molecule is FC(=C(F)c1ccccc1F)c1cnco1. The lowest BCUT2D eigenvalue weighted by Gasteiger charge is -2.00. The minimum Gasteiger partial charge on any atom is -0.441 e. The Morgan fingerprint density at radius 2 is 1.88 bits per heavy atom. The van der Waals surface area contributed by atoms with E-state index < -0.39 is 23.0 Å². The molecule has 1 heterocycles. The van der Waals surface area contributed by atoms with Crippen LogP contribution in [0.5, 0.6) is 0 Å². The maximum atomic E-state index is 13.5. The summed E-state index contributed by atoms with van der Waals surface area (Å²) in [4.78, 5) is 3.44. The highest BCUT2D eigenvalue weighted by Gasteiger charge is 2.16. The Balaban J connectivity index is 2.49. The van der Waals surface area contributed by atoms with Gasteiger partial charge in [-0.2, -0.15) is 4.39 Å². The van der Waals surface area contributed by atoms with Crippen LogP contribution in [0.2, 0.25) is 0 Å². The fraction of sp³-hybridized carbons (Fsp3) is 0. The van der Waals surface area contributed by atoms with E-state index in [1.54, 1.807) is 0 Å². The molecule has 16 heavy (non-hydrogen) atoms.